The first-order valence-electron chi connectivity index (χ1n) is 9.27. The molecule has 0 unspecified atom stereocenters. The van der Waals surface area contributed by atoms with Gasteiger partial charge in [-0.3, -0.25) is 4.99 Å². The van der Waals surface area contributed by atoms with E-state index in [4.69, 9.17) is 0 Å². The Bertz CT molecular complexity index is 881. The topological polar surface area (TPSA) is 73.8 Å². The Balaban J connectivity index is 1.83. The van der Waals surface area contributed by atoms with Gasteiger partial charge in [0.05, 0.1) is 17.9 Å². The Hall–Kier alpha value is -2.25. The van der Waals surface area contributed by atoms with Crippen LogP contribution in [0.5, 0.6) is 0 Å². The molecule has 0 bridgehead atoms. The summed E-state index contributed by atoms with van der Waals surface area (Å²) >= 11 is 0. The minimum atomic E-state index is -4.39. The van der Waals surface area contributed by atoms with Crippen LogP contribution in [0, 0.1) is 11.8 Å². The molecule has 1 fully saturated rings. The standard InChI is InChI=1S/C19H25F3N4O2S/c1-3-29(27,28)26-12-9-17(10-13-26)25-18(23-2)24-11-5-7-15-6-4-8-16(14-15)19(20,21)22/h4,6,8,14,17H,3,9-13H2,1-2H3,(H2,23,24,25). The predicted molar refractivity (Wildman–Crippen MR) is 107 cm³/mol. The van der Waals surface area contributed by atoms with Gasteiger partial charge in [0.25, 0.3) is 0 Å². The lowest BCUT2D eigenvalue weighted by atomic mass is 10.1. The Kier molecular flexibility index (Phi) is 7.93. The van der Waals surface area contributed by atoms with Crippen LogP contribution >= 0.6 is 0 Å². The van der Waals surface area contributed by atoms with Crippen molar-refractivity contribution in [1.82, 2.24) is 14.9 Å². The van der Waals surface area contributed by atoms with Gasteiger partial charge in [-0.25, -0.2) is 12.7 Å². The molecule has 6 nitrogen and oxygen atoms in total. The third-order valence-corrected chi connectivity index (χ3v) is 6.42. The molecular weight excluding hydrogens is 405 g/mol. The quantitative estimate of drug-likeness (QED) is 0.436. The minimum absolute atomic E-state index is 0.0842. The molecule has 1 aliphatic heterocycles. The van der Waals surface area contributed by atoms with Gasteiger partial charge in [-0.05, 0) is 38.0 Å². The summed E-state index contributed by atoms with van der Waals surface area (Å²) in [6.07, 6.45) is -3.07. The molecule has 1 aromatic carbocycles. The number of guanidine groups is 1. The largest absolute Gasteiger partial charge is 0.416 e. The fourth-order valence-electron chi connectivity index (χ4n) is 2.90. The van der Waals surface area contributed by atoms with Gasteiger partial charge < -0.3 is 10.6 Å². The number of alkyl halides is 3. The van der Waals surface area contributed by atoms with E-state index in [2.05, 4.69) is 27.5 Å². The van der Waals surface area contributed by atoms with Crippen LogP contribution in [0.1, 0.15) is 30.9 Å². The second-order valence-corrected chi connectivity index (χ2v) is 8.78. The maximum Gasteiger partial charge on any atom is 0.416 e. The van der Waals surface area contributed by atoms with E-state index in [1.165, 1.54) is 16.4 Å². The van der Waals surface area contributed by atoms with Crippen molar-refractivity contribution in [1.29, 1.82) is 0 Å². The van der Waals surface area contributed by atoms with Crippen molar-refractivity contribution < 1.29 is 21.6 Å². The average molecular weight is 430 g/mol. The van der Waals surface area contributed by atoms with Crippen molar-refractivity contribution >= 4 is 16.0 Å². The minimum Gasteiger partial charge on any atom is -0.354 e. The summed E-state index contributed by atoms with van der Waals surface area (Å²) in [4.78, 5) is 4.10. The number of hydrogen-bond donors (Lipinski definition) is 2. The van der Waals surface area contributed by atoms with Crippen LogP contribution in [0.15, 0.2) is 29.3 Å². The summed E-state index contributed by atoms with van der Waals surface area (Å²) in [6.45, 7) is 2.76. The maximum absolute atomic E-state index is 12.7. The van der Waals surface area contributed by atoms with Gasteiger partial charge in [0.2, 0.25) is 10.0 Å². The number of benzene rings is 1. The van der Waals surface area contributed by atoms with Gasteiger partial charge in [0.15, 0.2) is 5.96 Å². The molecular formula is C19H25F3N4O2S. The summed E-state index contributed by atoms with van der Waals surface area (Å²) in [5.41, 5.74) is -0.444. The highest BCUT2D eigenvalue weighted by molar-refractivity contribution is 7.89. The smallest absolute Gasteiger partial charge is 0.354 e. The van der Waals surface area contributed by atoms with E-state index in [1.807, 2.05) is 0 Å². The highest BCUT2D eigenvalue weighted by Crippen LogP contribution is 2.29. The highest BCUT2D eigenvalue weighted by atomic mass is 32.2. The zero-order valence-corrected chi connectivity index (χ0v) is 17.2. The van der Waals surface area contributed by atoms with Crippen LogP contribution in [0.4, 0.5) is 13.2 Å². The number of nitrogens with zero attached hydrogens (tertiary/aromatic N) is 2. The summed E-state index contributed by atoms with van der Waals surface area (Å²) in [5, 5.41) is 6.22. The molecule has 2 N–H and O–H groups in total. The zero-order chi connectivity index (χ0) is 21.5. The molecule has 29 heavy (non-hydrogen) atoms. The van der Waals surface area contributed by atoms with Crippen LogP contribution in [0.25, 0.3) is 0 Å². The third-order valence-electron chi connectivity index (χ3n) is 4.54. The molecule has 1 aliphatic rings. The summed E-state index contributed by atoms with van der Waals surface area (Å²) in [5.74, 6) is 6.09. The highest BCUT2D eigenvalue weighted by Gasteiger charge is 2.30. The molecule has 1 heterocycles. The van der Waals surface area contributed by atoms with E-state index in [9.17, 15) is 21.6 Å². The van der Waals surface area contributed by atoms with Crippen molar-refractivity contribution in [3.63, 3.8) is 0 Å². The molecule has 1 saturated heterocycles. The zero-order valence-electron chi connectivity index (χ0n) is 16.4. The SMILES string of the molecule is CCS(=O)(=O)N1CCC(NC(=NC)NCC#Cc2cccc(C(F)(F)F)c2)CC1. The first kappa shape index (κ1) is 23.0. The van der Waals surface area contributed by atoms with Crippen LogP contribution in [-0.4, -0.2) is 57.2 Å². The average Bonchev–Trinajstić information content (AvgIpc) is 2.70. The number of hydrogen-bond acceptors (Lipinski definition) is 3. The second kappa shape index (κ2) is 9.98. The lowest BCUT2D eigenvalue weighted by molar-refractivity contribution is -0.137. The van der Waals surface area contributed by atoms with E-state index in [0.717, 1.165) is 12.1 Å². The van der Waals surface area contributed by atoms with E-state index >= 15 is 0 Å². The summed E-state index contributed by atoms with van der Waals surface area (Å²) in [7, 11) is -1.56. The maximum atomic E-state index is 12.7. The molecule has 0 amide bonds. The van der Waals surface area contributed by atoms with E-state index in [-0.39, 0.29) is 23.9 Å². The number of rotatable bonds is 4. The van der Waals surface area contributed by atoms with Crippen LogP contribution in [0.3, 0.4) is 0 Å². The van der Waals surface area contributed by atoms with E-state index in [0.29, 0.717) is 31.9 Å². The van der Waals surface area contributed by atoms with Crippen molar-refractivity contribution in [3.05, 3.63) is 35.4 Å². The monoisotopic (exact) mass is 430 g/mol. The van der Waals surface area contributed by atoms with E-state index in [1.54, 1.807) is 14.0 Å². The number of piperidine rings is 1. The summed E-state index contributed by atoms with van der Waals surface area (Å²) < 4.78 is 63.5. The third kappa shape index (κ3) is 6.94. The van der Waals surface area contributed by atoms with Crippen LogP contribution in [0.2, 0.25) is 0 Å². The molecule has 0 spiro atoms. The Morgan fingerprint density at radius 2 is 2.00 bits per heavy atom. The molecule has 0 atom stereocenters. The fraction of sp³-hybridized carbons (Fsp3) is 0.526. The lowest BCUT2D eigenvalue weighted by Gasteiger charge is -2.32. The molecule has 2 rings (SSSR count). The van der Waals surface area contributed by atoms with Crippen LogP contribution in [-0.2, 0) is 16.2 Å². The van der Waals surface area contributed by atoms with Gasteiger partial charge in [-0.1, -0.05) is 17.9 Å². The van der Waals surface area contributed by atoms with Crippen molar-refractivity contribution in [2.24, 2.45) is 4.99 Å². The number of nitrogens with one attached hydrogen (secondary N) is 2. The van der Waals surface area contributed by atoms with Crippen molar-refractivity contribution in [2.75, 3.05) is 32.4 Å². The number of aliphatic imine (C=N–C) groups is 1. The van der Waals surface area contributed by atoms with Gasteiger partial charge in [0, 0.05) is 31.7 Å². The lowest BCUT2D eigenvalue weighted by Crippen LogP contribution is -2.50. The first-order chi connectivity index (χ1) is 13.7. The Morgan fingerprint density at radius 1 is 1.31 bits per heavy atom. The van der Waals surface area contributed by atoms with Gasteiger partial charge in [0.1, 0.15) is 0 Å². The van der Waals surface area contributed by atoms with Crippen molar-refractivity contribution in [3.8, 4) is 11.8 Å². The van der Waals surface area contributed by atoms with Crippen LogP contribution < -0.4 is 10.6 Å². The molecule has 1 aromatic rings. The number of sulfonamides is 1. The Labute approximate surface area is 169 Å². The van der Waals surface area contributed by atoms with Crippen molar-refractivity contribution in [2.45, 2.75) is 32.0 Å². The molecule has 0 saturated carbocycles. The second-order valence-electron chi connectivity index (χ2n) is 6.52. The fourth-order valence-corrected chi connectivity index (χ4v) is 4.03. The Morgan fingerprint density at radius 3 is 2.59 bits per heavy atom. The predicted octanol–water partition coefficient (Wildman–Crippen LogP) is 2.04. The summed E-state index contributed by atoms with van der Waals surface area (Å²) in [6, 6.07) is 4.95. The molecule has 0 aliphatic carbocycles. The first-order valence-corrected chi connectivity index (χ1v) is 10.9. The van der Waals surface area contributed by atoms with Gasteiger partial charge >= 0.3 is 6.18 Å². The van der Waals surface area contributed by atoms with Gasteiger partial charge in [-0.15, -0.1) is 0 Å². The van der Waals surface area contributed by atoms with Gasteiger partial charge in [-0.2, -0.15) is 13.2 Å². The number of halogens is 3. The normalized spacial score (nSPS) is 16.8. The molecule has 0 radical (unpaired) electrons. The molecule has 0 aromatic heterocycles. The van der Waals surface area contributed by atoms with E-state index < -0.39 is 21.8 Å². The molecule has 10 heteroatoms. The molecule has 160 valence electrons.